The molecular weight excluding hydrogens is 240 g/mol. The highest BCUT2D eigenvalue weighted by atomic mass is 16.5. The van der Waals surface area contributed by atoms with E-state index >= 15 is 0 Å². The summed E-state index contributed by atoms with van der Waals surface area (Å²) in [6.45, 7) is 5.67. The Labute approximate surface area is 115 Å². The van der Waals surface area contributed by atoms with Gasteiger partial charge in [0.15, 0.2) is 0 Å². The summed E-state index contributed by atoms with van der Waals surface area (Å²) in [5, 5.41) is 0. The lowest BCUT2D eigenvalue weighted by molar-refractivity contribution is 0.304. The van der Waals surface area contributed by atoms with Gasteiger partial charge in [-0.15, -0.1) is 0 Å². The first-order valence-electron chi connectivity index (χ1n) is 7.19. The molecule has 0 saturated carbocycles. The maximum absolute atomic E-state index is 5.90. The fraction of sp³-hybridized carbons (Fsp3) is 0.714. The van der Waals surface area contributed by atoms with Gasteiger partial charge < -0.3 is 15.4 Å². The van der Waals surface area contributed by atoms with E-state index in [1.54, 1.807) is 6.33 Å². The van der Waals surface area contributed by atoms with Crippen LogP contribution in [0.2, 0.25) is 0 Å². The zero-order valence-corrected chi connectivity index (χ0v) is 11.9. The van der Waals surface area contributed by atoms with E-state index in [2.05, 4.69) is 28.7 Å². The van der Waals surface area contributed by atoms with E-state index in [1.165, 1.54) is 12.8 Å². The first-order chi connectivity index (χ1) is 9.26. The predicted octanol–water partition coefficient (Wildman–Crippen LogP) is 1.97. The summed E-state index contributed by atoms with van der Waals surface area (Å²) >= 11 is 0. The Kier molecular flexibility index (Phi) is 4.96. The zero-order chi connectivity index (χ0) is 13.7. The summed E-state index contributed by atoms with van der Waals surface area (Å²) in [7, 11) is 0. The number of nitrogens with two attached hydrogens (primary N) is 1. The standard InChI is InChI=1S/C14H24N4O/c1-3-7-19-14-8-13(16-10-17-14)18-11(2)5-4-6-12(18)9-15/h8,10-12H,3-7,9,15H2,1-2H3. The second kappa shape index (κ2) is 6.70. The summed E-state index contributed by atoms with van der Waals surface area (Å²) in [5.74, 6) is 1.59. The van der Waals surface area contributed by atoms with Crippen LogP contribution in [0.4, 0.5) is 5.82 Å². The Balaban J connectivity index is 2.18. The van der Waals surface area contributed by atoms with Crippen LogP contribution in [0, 0.1) is 0 Å². The SMILES string of the molecule is CCCOc1cc(N2C(C)CCCC2CN)ncn1. The van der Waals surface area contributed by atoms with Crippen molar-refractivity contribution in [1.29, 1.82) is 0 Å². The maximum Gasteiger partial charge on any atom is 0.218 e. The molecule has 1 aromatic rings. The van der Waals surface area contributed by atoms with Crippen LogP contribution < -0.4 is 15.4 Å². The first kappa shape index (κ1) is 14.1. The minimum Gasteiger partial charge on any atom is -0.478 e. The number of rotatable bonds is 5. The van der Waals surface area contributed by atoms with E-state index in [-0.39, 0.29) is 0 Å². The van der Waals surface area contributed by atoms with Gasteiger partial charge in [0.2, 0.25) is 5.88 Å². The Morgan fingerprint density at radius 2 is 2.26 bits per heavy atom. The molecule has 1 aliphatic rings. The molecule has 5 heteroatoms. The minimum absolute atomic E-state index is 0.373. The maximum atomic E-state index is 5.90. The molecule has 2 heterocycles. The van der Waals surface area contributed by atoms with Crippen molar-refractivity contribution in [2.24, 2.45) is 5.73 Å². The molecule has 0 spiro atoms. The summed E-state index contributed by atoms with van der Waals surface area (Å²) in [6.07, 6.45) is 6.12. The molecule has 0 radical (unpaired) electrons. The number of piperidine rings is 1. The van der Waals surface area contributed by atoms with Crippen LogP contribution in [-0.2, 0) is 0 Å². The van der Waals surface area contributed by atoms with Crippen molar-refractivity contribution in [2.75, 3.05) is 18.1 Å². The molecule has 0 aromatic carbocycles. The molecule has 2 unspecified atom stereocenters. The molecule has 106 valence electrons. The zero-order valence-electron chi connectivity index (χ0n) is 11.9. The molecule has 1 saturated heterocycles. The van der Waals surface area contributed by atoms with E-state index in [0.29, 0.717) is 31.1 Å². The smallest absolute Gasteiger partial charge is 0.218 e. The molecule has 1 fully saturated rings. The lowest BCUT2D eigenvalue weighted by atomic mass is 9.96. The quantitative estimate of drug-likeness (QED) is 0.881. The average Bonchev–Trinajstić information content (AvgIpc) is 2.45. The number of hydrogen-bond donors (Lipinski definition) is 1. The molecule has 2 rings (SSSR count). The van der Waals surface area contributed by atoms with Gasteiger partial charge in [0.1, 0.15) is 12.1 Å². The summed E-state index contributed by atoms with van der Waals surface area (Å²) in [6, 6.07) is 2.77. The Morgan fingerprint density at radius 1 is 1.42 bits per heavy atom. The third-order valence-corrected chi connectivity index (χ3v) is 3.65. The highest BCUT2D eigenvalue weighted by Gasteiger charge is 2.28. The number of ether oxygens (including phenoxy) is 1. The van der Waals surface area contributed by atoms with Gasteiger partial charge in [0.05, 0.1) is 6.61 Å². The van der Waals surface area contributed by atoms with E-state index in [4.69, 9.17) is 10.5 Å². The fourth-order valence-corrected chi connectivity index (χ4v) is 2.69. The monoisotopic (exact) mass is 264 g/mol. The van der Waals surface area contributed by atoms with Gasteiger partial charge in [0, 0.05) is 24.7 Å². The first-order valence-corrected chi connectivity index (χ1v) is 7.19. The Bertz CT molecular complexity index is 399. The number of nitrogens with zero attached hydrogens (tertiary/aromatic N) is 3. The van der Waals surface area contributed by atoms with E-state index in [1.807, 2.05) is 6.07 Å². The second-order valence-corrected chi connectivity index (χ2v) is 5.14. The van der Waals surface area contributed by atoms with Crippen LogP contribution in [0.1, 0.15) is 39.5 Å². The Morgan fingerprint density at radius 3 is 3.00 bits per heavy atom. The van der Waals surface area contributed by atoms with Crippen molar-refractivity contribution in [3.05, 3.63) is 12.4 Å². The van der Waals surface area contributed by atoms with Crippen molar-refractivity contribution in [1.82, 2.24) is 9.97 Å². The molecule has 2 atom stereocenters. The van der Waals surface area contributed by atoms with Crippen LogP contribution in [-0.4, -0.2) is 35.2 Å². The van der Waals surface area contributed by atoms with Crippen molar-refractivity contribution in [3.8, 4) is 5.88 Å². The van der Waals surface area contributed by atoms with Crippen molar-refractivity contribution >= 4 is 5.82 Å². The lowest BCUT2D eigenvalue weighted by Crippen LogP contribution is -2.49. The van der Waals surface area contributed by atoms with E-state index in [0.717, 1.165) is 18.7 Å². The van der Waals surface area contributed by atoms with Crippen molar-refractivity contribution in [2.45, 2.75) is 51.6 Å². The normalized spacial score (nSPS) is 23.4. The largest absolute Gasteiger partial charge is 0.478 e. The van der Waals surface area contributed by atoms with Crippen molar-refractivity contribution < 1.29 is 4.74 Å². The summed E-state index contributed by atoms with van der Waals surface area (Å²) < 4.78 is 5.58. The molecule has 0 bridgehead atoms. The van der Waals surface area contributed by atoms with Gasteiger partial charge in [-0.2, -0.15) is 0 Å². The van der Waals surface area contributed by atoms with Crippen LogP contribution in [0.15, 0.2) is 12.4 Å². The van der Waals surface area contributed by atoms with Gasteiger partial charge in [-0.1, -0.05) is 6.92 Å². The molecule has 0 aliphatic carbocycles. The molecule has 5 nitrogen and oxygen atoms in total. The van der Waals surface area contributed by atoms with Gasteiger partial charge >= 0.3 is 0 Å². The number of anilines is 1. The molecular formula is C14H24N4O. The van der Waals surface area contributed by atoms with Crippen LogP contribution in [0.25, 0.3) is 0 Å². The van der Waals surface area contributed by atoms with Crippen LogP contribution in [0.3, 0.4) is 0 Å². The highest BCUT2D eigenvalue weighted by Crippen LogP contribution is 2.28. The van der Waals surface area contributed by atoms with E-state index < -0.39 is 0 Å². The summed E-state index contributed by atoms with van der Waals surface area (Å²) in [5.41, 5.74) is 5.90. The van der Waals surface area contributed by atoms with Crippen molar-refractivity contribution in [3.63, 3.8) is 0 Å². The molecule has 1 aliphatic heterocycles. The minimum atomic E-state index is 0.373. The van der Waals surface area contributed by atoms with Gasteiger partial charge in [-0.3, -0.25) is 0 Å². The fourth-order valence-electron chi connectivity index (χ4n) is 2.69. The Hall–Kier alpha value is -1.36. The number of hydrogen-bond acceptors (Lipinski definition) is 5. The van der Waals surface area contributed by atoms with Crippen LogP contribution in [0.5, 0.6) is 5.88 Å². The summed E-state index contributed by atoms with van der Waals surface area (Å²) in [4.78, 5) is 10.9. The molecule has 0 amide bonds. The third kappa shape index (κ3) is 3.35. The van der Waals surface area contributed by atoms with Crippen LogP contribution >= 0.6 is 0 Å². The lowest BCUT2D eigenvalue weighted by Gasteiger charge is -2.41. The number of aromatic nitrogens is 2. The second-order valence-electron chi connectivity index (χ2n) is 5.14. The van der Waals surface area contributed by atoms with Gasteiger partial charge in [0.25, 0.3) is 0 Å². The molecule has 1 aromatic heterocycles. The third-order valence-electron chi connectivity index (χ3n) is 3.65. The highest BCUT2D eigenvalue weighted by molar-refractivity contribution is 5.44. The van der Waals surface area contributed by atoms with Gasteiger partial charge in [-0.25, -0.2) is 9.97 Å². The van der Waals surface area contributed by atoms with E-state index in [9.17, 15) is 0 Å². The topological polar surface area (TPSA) is 64.3 Å². The molecule has 2 N–H and O–H groups in total. The van der Waals surface area contributed by atoms with Gasteiger partial charge in [-0.05, 0) is 32.6 Å². The predicted molar refractivity (Wildman–Crippen MR) is 76.5 cm³/mol. The average molecular weight is 264 g/mol. The molecule has 19 heavy (non-hydrogen) atoms.